The molecule has 36 valence electrons. The number of hydrogen-bond donors (Lipinski definition) is 1. The van der Waals surface area contributed by atoms with E-state index in [0.717, 1.165) is 0 Å². The Balaban J connectivity index is -0.000000125. The van der Waals surface area contributed by atoms with Gasteiger partial charge in [0.15, 0.2) is 0 Å². The van der Waals surface area contributed by atoms with Gasteiger partial charge in [0.2, 0.25) is 0 Å². The molecule has 0 atom stereocenters. The predicted octanol–water partition coefficient (Wildman–Crippen LogP) is -2.24. The molecule has 0 aliphatic carbocycles. The number of hydrogen-bond acceptors (Lipinski definition) is 1. The van der Waals surface area contributed by atoms with Crippen LogP contribution < -0.4 is 29.6 Å². The van der Waals surface area contributed by atoms with Gasteiger partial charge in [0.25, 0.3) is 0 Å². The van der Waals surface area contributed by atoms with Gasteiger partial charge in [0.05, 0.1) is 6.42 Å². The van der Waals surface area contributed by atoms with Crippen LogP contribution in [0.3, 0.4) is 0 Å². The average molecular weight is 110 g/mol. The van der Waals surface area contributed by atoms with Crippen molar-refractivity contribution in [2.75, 3.05) is 0 Å². The van der Waals surface area contributed by atoms with Crippen molar-refractivity contribution in [3.05, 3.63) is 12.7 Å². The molecule has 0 aromatic heterocycles. The van der Waals surface area contributed by atoms with Crippen molar-refractivity contribution < 1.29 is 40.9 Å². The molecule has 2 nitrogen and oxygen atoms in total. The van der Waals surface area contributed by atoms with Crippen molar-refractivity contribution in [1.29, 1.82) is 0 Å². The third-order valence-electron chi connectivity index (χ3n) is 0.319. The van der Waals surface area contributed by atoms with E-state index >= 15 is 0 Å². The minimum Gasteiger partial charge on any atom is -1.00 e. The maximum absolute atomic E-state index is 9.53. The van der Waals surface area contributed by atoms with Crippen molar-refractivity contribution in [2.24, 2.45) is 0 Å². The van der Waals surface area contributed by atoms with Crippen LogP contribution in [0.2, 0.25) is 0 Å². The molecule has 1 N–H and O–H groups in total. The molecule has 0 radical (unpaired) electrons. The van der Waals surface area contributed by atoms with Gasteiger partial charge in [-0.2, -0.15) is 0 Å². The van der Waals surface area contributed by atoms with Crippen LogP contribution in [0.1, 0.15) is 7.85 Å². The number of carbonyl (C=O) groups is 1. The van der Waals surface area contributed by atoms with E-state index in [4.69, 9.17) is 5.11 Å². The Morgan fingerprint density at radius 2 is 2.43 bits per heavy atom. The molecule has 0 spiro atoms. The molecule has 0 fully saturated rings. The van der Waals surface area contributed by atoms with Crippen molar-refractivity contribution in [3.8, 4) is 0 Å². The summed E-state index contributed by atoms with van der Waals surface area (Å²) < 4.78 is 0. The monoisotopic (exact) mass is 110 g/mol. The van der Waals surface area contributed by atoms with Gasteiger partial charge in [-0.05, 0) is 0 Å². The Morgan fingerprint density at radius 3 is 2.43 bits per heavy atom. The second-order valence-electron chi connectivity index (χ2n) is 0.887. The summed E-state index contributed by atoms with van der Waals surface area (Å²) in [5, 5.41) is 7.84. The molecular weight excluding hydrogens is 103 g/mol. The SMILES string of the molecule is C=CCC(=O)O.[H-].[Na+]. The van der Waals surface area contributed by atoms with Gasteiger partial charge in [-0.15, -0.1) is 6.58 Å². The quantitative estimate of drug-likeness (QED) is 0.322. The van der Waals surface area contributed by atoms with E-state index in [1.54, 1.807) is 0 Å². The molecule has 0 saturated carbocycles. The van der Waals surface area contributed by atoms with E-state index in [0.29, 0.717) is 0 Å². The molecule has 0 heterocycles. The van der Waals surface area contributed by atoms with Crippen LogP contribution in [0.25, 0.3) is 0 Å². The van der Waals surface area contributed by atoms with Crippen LogP contribution in [0.5, 0.6) is 0 Å². The fourth-order valence-electron chi connectivity index (χ4n) is 0.123. The molecule has 3 heteroatoms. The Hall–Kier alpha value is 0.210. The fraction of sp³-hybridized carbons (Fsp3) is 0.250. The van der Waals surface area contributed by atoms with Crippen LogP contribution in [-0.4, -0.2) is 11.1 Å². The van der Waals surface area contributed by atoms with E-state index in [9.17, 15) is 4.79 Å². The Kier molecular flexibility index (Phi) is 9.09. The predicted molar refractivity (Wildman–Crippen MR) is 23.6 cm³/mol. The van der Waals surface area contributed by atoms with E-state index in [-0.39, 0.29) is 37.4 Å². The first kappa shape index (κ1) is 10.2. The molecule has 0 aromatic rings. The second kappa shape index (κ2) is 6.21. The molecule has 0 unspecified atom stereocenters. The Bertz CT molecular complexity index is 74.4. The van der Waals surface area contributed by atoms with Crippen molar-refractivity contribution in [1.82, 2.24) is 0 Å². The molecule has 0 aromatic carbocycles. The van der Waals surface area contributed by atoms with Crippen molar-refractivity contribution in [2.45, 2.75) is 6.42 Å². The fourth-order valence-corrected chi connectivity index (χ4v) is 0.123. The molecule has 0 saturated heterocycles. The molecule has 7 heavy (non-hydrogen) atoms. The zero-order valence-corrected chi connectivity index (χ0v) is 6.35. The third kappa shape index (κ3) is 10.7. The van der Waals surface area contributed by atoms with Crippen LogP contribution >= 0.6 is 0 Å². The largest absolute Gasteiger partial charge is 1.00 e. The smallest absolute Gasteiger partial charge is 1.00 e. The second-order valence-corrected chi connectivity index (χ2v) is 0.887. The minimum absolute atomic E-state index is 0. The summed E-state index contributed by atoms with van der Waals surface area (Å²) in [4.78, 5) is 9.53. The topological polar surface area (TPSA) is 37.3 Å². The zero-order valence-electron chi connectivity index (χ0n) is 5.35. The van der Waals surface area contributed by atoms with Crippen LogP contribution in [0.4, 0.5) is 0 Å². The molecule has 0 aliphatic heterocycles. The summed E-state index contributed by atoms with van der Waals surface area (Å²) in [5.41, 5.74) is 0. The van der Waals surface area contributed by atoms with Gasteiger partial charge in [-0.3, -0.25) is 4.79 Å². The summed E-state index contributed by atoms with van der Waals surface area (Å²) in [7, 11) is 0. The zero-order chi connectivity index (χ0) is 4.99. The molecule has 0 rings (SSSR count). The first-order valence-corrected chi connectivity index (χ1v) is 1.60. The maximum atomic E-state index is 9.53. The molecule has 0 amide bonds. The van der Waals surface area contributed by atoms with Gasteiger partial charge >= 0.3 is 35.5 Å². The van der Waals surface area contributed by atoms with Crippen LogP contribution in [0, 0.1) is 0 Å². The molecular formula is C4H7NaO2. The number of carboxylic acids is 1. The molecule has 0 bridgehead atoms. The van der Waals surface area contributed by atoms with Crippen molar-refractivity contribution in [3.63, 3.8) is 0 Å². The van der Waals surface area contributed by atoms with E-state index in [2.05, 4.69) is 6.58 Å². The number of rotatable bonds is 2. The Labute approximate surface area is 66.0 Å². The van der Waals surface area contributed by atoms with Gasteiger partial charge in [0, 0.05) is 0 Å². The first-order chi connectivity index (χ1) is 2.77. The average Bonchev–Trinajstić information content (AvgIpc) is 1.35. The van der Waals surface area contributed by atoms with E-state index in [1.165, 1.54) is 6.08 Å². The number of carboxylic acid groups (broad SMARTS) is 1. The standard InChI is InChI=1S/C4H6O2.Na.H/c1-2-3-4(5)6;;/h2H,1,3H2,(H,5,6);;/q;+1;-1. The summed E-state index contributed by atoms with van der Waals surface area (Å²) in [6, 6.07) is 0. The van der Waals surface area contributed by atoms with E-state index in [1.807, 2.05) is 0 Å². The first-order valence-electron chi connectivity index (χ1n) is 1.60. The molecule has 0 aliphatic rings. The van der Waals surface area contributed by atoms with Crippen LogP contribution in [0.15, 0.2) is 12.7 Å². The summed E-state index contributed by atoms with van der Waals surface area (Å²) in [6.45, 7) is 3.22. The summed E-state index contributed by atoms with van der Waals surface area (Å²) >= 11 is 0. The van der Waals surface area contributed by atoms with Gasteiger partial charge in [-0.25, -0.2) is 0 Å². The normalized spacial score (nSPS) is 6.29. The van der Waals surface area contributed by atoms with Crippen molar-refractivity contribution >= 4 is 5.97 Å². The maximum Gasteiger partial charge on any atom is 1.00 e. The minimum atomic E-state index is -0.829. The van der Waals surface area contributed by atoms with Crippen LogP contribution in [-0.2, 0) is 4.79 Å². The van der Waals surface area contributed by atoms with E-state index < -0.39 is 5.97 Å². The Morgan fingerprint density at radius 1 is 2.00 bits per heavy atom. The number of aliphatic carboxylic acids is 1. The van der Waals surface area contributed by atoms with Gasteiger partial charge < -0.3 is 6.53 Å². The summed E-state index contributed by atoms with van der Waals surface area (Å²) in [5.74, 6) is -0.829. The van der Waals surface area contributed by atoms with Gasteiger partial charge in [-0.1, -0.05) is 6.08 Å². The third-order valence-corrected chi connectivity index (χ3v) is 0.319. The van der Waals surface area contributed by atoms with Gasteiger partial charge in [0.1, 0.15) is 0 Å². The summed E-state index contributed by atoms with van der Waals surface area (Å²) in [6.07, 6.45) is 1.41.